The van der Waals surface area contributed by atoms with Crippen molar-refractivity contribution in [2.45, 2.75) is 37.8 Å². The summed E-state index contributed by atoms with van der Waals surface area (Å²) >= 11 is 0. The van der Waals surface area contributed by atoms with E-state index in [-0.39, 0.29) is 24.8 Å². The van der Waals surface area contributed by atoms with Crippen LogP contribution in [0.15, 0.2) is 54.6 Å². The van der Waals surface area contributed by atoms with Crippen LogP contribution >= 0.6 is 24.8 Å². The fourth-order valence-corrected chi connectivity index (χ4v) is 4.29. The number of hydrogen-bond acceptors (Lipinski definition) is 3. The van der Waals surface area contributed by atoms with Gasteiger partial charge in [-0.1, -0.05) is 42.5 Å². The number of nitrogens with two attached hydrogens (primary N) is 1. The van der Waals surface area contributed by atoms with E-state index >= 15 is 0 Å². The minimum Gasteiger partial charge on any atom is -0.371 e. The van der Waals surface area contributed by atoms with Gasteiger partial charge < -0.3 is 15.5 Å². The first-order valence-electron chi connectivity index (χ1n) is 9.70. The van der Waals surface area contributed by atoms with E-state index < -0.39 is 0 Å². The minimum atomic E-state index is 0. The third-order valence-corrected chi connectivity index (χ3v) is 5.87. The molecule has 0 aliphatic carbocycles. The Morgan fingerprint density at radius 2 is 1.33 bits per heavy atom. The summed E-state index contributed by atoms with van der Waals surface area (Å²) in [5.74, 6) is 0. The molecule has 2 saturated heterocycles. The molecule has 0 aromatic heterocycles. The number of hydrogen-bond donors (Lipinski definition) is 1. The van der Waals surface area contributed by atoms with Crippen LogP contribution < -0.4 is 10.6 Å². The smallest absolute Gasteiger partial charge is 0.0372 e. The zero-order valence-electron chi connectivity index (χ0n) is 15.8. The molecule has 27 heavy (non-hydrogen) atoms. The van der Waals surface area contributed by atoms with E-state index in [9.17, 15) is 0 Å². The maximum atomic E-state index is 6.05. The topological polar surface area (TPSA) is 32.5 Å². The molecule has 5 heteroatoms. The number of nitrogens with zero attached hydrogens (tertiary/aromatic N) is 2. The Labute approximate surface area is 175 Å². The van der Waals surface area contributed by atoms with Crippen LogP contribution in [-0.4, -0.2) is 43.2 Å². The van der Waals surface area contributed by atoms with E-state index in [0.717, 1.165) is 19.1 Å². The molecule has 3 nitrogen and oxygen atoms in total. The molecule has 2 N–H and O–H groups in total. The highest BCUT2D eigenvalue weighted by atomic mass is 35.5. The summed E-state index contributed by atoms with van der Waals surface area (Å²) < 4.78 is 0. The molecule has 2 aromatic rings. The Bertz CT molecular complexity index is 679. The van der Waals surface area contributed by atoms with Gasteiger partial charge in [0.15, 0.2) is 0 Å². The van der Waals surface area contributed by atoms with Gasteiger partial charge in [0.05, 0.1) is 0 Å². The second-order valence-corrected chi connectivity index (χ2v) is 7.51. The van der Waals surface area contributed by atoms with Crippen LogP contribution in [-0.2, 0) is 0 Å². The van der Waals surface area contributed by atoms with Crippen molar-refractivity contribution < 1.29 is 0 Å². The first-order chi connectivity index (χ1) is 12.3. The minimum absolute atomic E-state index is 0. The average molecular weight is 408 g/mol. The lowest BCUT2D eigenvalue weighted by molar-refractivity contribution is 0.133. The molecule has 148 valence electrons. The van der Waals surface area contributed by atoms with Crippen LogP contribution in [0.2, 0.25) is 0 Å². The summed E-state index contributed by atoms with van der Waals surface area (Å²) in [5, 5.41) is 0. The highest BCUT2D eigenvalue weighted by Gasteiger charge is 2.27. The van der Waals surface area contributed by atoms with E-state index in [0.29, 0.717) is 6.04 Å². The summed E-state index contributed by atoms with van der Waals surface area (Å²) in [4.78, 5) is 5.24. The fourth-order valence-electron chi connectivity index (χ4n) is 4.29. The lowest BCUT2D eigenvalue weighted by Crippen LogP contribution is -2.49. The maximum Gasteiger partial charge on any atom is 0.0372 e. The molecule has 0 unspecified atom stereocenters. The van der Waals surface area contributed by atoms with Gasteiger partial charge in [-0.15, -0.1) is 24.8 Å². The predicted octanol–water partition coefficient (Wildman–Crippen LogP) is 4.59. The highest BCUT2D eigenvalue weighted by molar-refractivity contribution is 5.85. The molecule has 2 heterocycles. The second-order valence-electron chi connectivity index (χ2n) is 7.51. The number of anilines is 1. The molecular formula is C22H31Cl2N3. The molecule has 2 aromatic carbocycles. The lowest BCUT2D eigenvalue weighted by Gasteiger charge is -2.42. The van der Waals surface area contributed by atoms with Gasteiger partial charge in [0.2, 0.25) is 0 Å². The van der Waals surface area contributed by atoms with Gasteiger partial charge in [-0.25, -0.2) is 0 Å². The monoisotopic (exact) mass is 407 g/mol. The summed E-state index contributed by atoms with van der Waals surface area (Å²) in [7, 11) is 0. The van der Waals surface area contributed by atoms with Gasteiger partial charge in [0, 0.05) is 30.9 Å². The molecule has 0 atom stereocenters. The van der Waals surface area contributed by atoms with E-state index in [1.807, 2.05) is 0 Å². The van der Waals surface area contributed by atoms with Gasteiger partial charge in [0.1, 0.15) is 0 Å². The summed E-state index contributed by atoms with van der Waals surface area (Å²) in [6, 6.07) is 20.8. The highest BCUT2D eigenvalue weighted by Crippen LogP contribution is 2.28. The van der Waals surface area contributed by atoms with Crippen molar-refractivity contribution in [3.05, 3.63) is 54.6 Å². The van der Waals surface area contributed by atoms with E-state index in [1.165, 1.54) is 55.6 Å². The third kappa shape index (κ3) is 5.39. The van der Waals surface area contributed by atoms with Crippen molar-refractivity contribution in [3.8, 4) is 11.1 Å². The first-order valence-corrected chi connectivity index (χ1v) is 9.70. The Hall–Kier alpha value is -1.26. The SMILES string of the molecule is Cl.Cl.NC1CCN(C2CCN(c3cccc(-c4ccccc4)c3)CC2)CC1. The van der Waals surface area contributed by atoms with Crippen molar-refractivity contribution in [1.82, 2.24) is 4.90 Å². The van der Waals surface area contributed by atoms with Gasteiger partial charge >= 0.3 is 0 Å². The molecule has 4 rings (SSSR count). The van der Waals surface area contributed by atoms with Gasteiger partial charge in [0.25, 0.3) is 0 Å². The molecule has 0 amide bonds. The van der Waals surface area contributed by atoms with E-state index in [2.05, 4.69) is 64.4 Å². The van der Waals surface area contributed by atoms with Crippen LogP contribution in [0.3, 0.4) is 0 Å². The third-order valence-electron chi connectivity index (χ3n) is 5.87. The average Bonchev–Trinajstić information content (AvgIpc) is 2.70. The van der Waals surface area contributed by atoms with Crippen LogP contribution in [0.1, 0.15) is 25.7 Å². The number of piperidine rings is 2. The van der Waals surface area contributed by atoms with Crippen molar-refractivity contribution >= 4 is 30.5 Å². The van der Waals surface area contributed by atoms with E-state index in [1.54, 1.807) is 0 Å². The van der Waals surface area contributed by atoms with Crippen LogP contribution in [0.25, 0.3) is 11.1 Å². The first kappa shape index (κ1) is 22.0. The molecule has 0 radical (unpaired) electrons. The molecule has 0 bridgehead atoms. The Morgan fingerprint density at radius 3 is 2.00 bits per heavy atom. The summed E-state index contributed by atoms with van der Waals surface area (Å²) in [6.07, 6.45) is 4.87. The molecule has 0 spiro atoms. The summed E-state index contributed by atoms with van der Waals surface area (Å²) in [6.45, 7) is 4.70. The fraction of sp³-hybridized carbons (Fsp3) is 0.455. The molecule has 0 saturated carbocycles. The molecular weight excluding hydrogens is 377 g/mol. The molecule has 2 aliphatic heterocycles. The number of rotatable bonds is 3. The van der Waals surface area contributed by atoms with Gasteiger partial charge in [-0.2, -0.15) is 0 Å². The molecule has 2 aliphatic rings. The molecule has 2 fully saturated rings. The van der Waals surface area contributed by atoms with Crippen molar-refractivity contribution in [2.75, 3.05) is 31.1 Å². The standard InChI is InChI=1S/C22H29N3.2ClH/c23-20-9-13-24(14-10-20)21-11-15-25(16-12-21)22-8-4-7-19(17-22)18-5-2-1-3-6-18;;/h1-8,17,20-21H,9-16,23H2;2*1H. The van der Waals surface area contributed by atoms with Crippen molar-refractivity contribution in [3.63, 3.8) is 0 Å². The number of halogens is 2. The Balaban J connectivity index is 0.00000131. The summed E-state index contributed by atoms with van der Waals surface area (Å²) in [5.41, 5.74) is 10.0. The maximum absolute atomic E-state index is 6.05. The Morgan fingerprint density at radius 1 is 0.704 bits per heavy atom. The predicted molar refractivity (Wildman–Crippen MR) is 120 cm³/mol. The quantitative estimate of drug-likeness (QED) is 0.807. The van der Waals surface area contributed by atoms with Crippen molar-refractivity contribution in [1.29, 1.82) is 0 Å². The number of likely N-dealkylation sites (tertiary alicyclic amines) is 1. The van der Waals surface area contributed by atoms with Gasteiger partial charge in [-0.3, -0.25) is 0 Å². The number of benzene rings is 2. The van der Waals surface area contributed by atoms with E-state index in [4.69, 9.17) is 5.73 Å². The van der Waals surface area contributed by atoms with Crippen LogP contribution in [0, 0.1) is 0 Å². The van der Waals surface area contributed by atoms with Crippen LogP contribution in [0.5, 0.6) is 0 Å². The second kappa shape index (κ2) is 10.3. The van der Waals surface area contributed by atoms with Gasteiger partial charge in [-0.05, 0) is 62.0 Å². The zero-order chi connectivity index (χ0) is 17.1. The largest absolute Gasteiger partial charge is 0.371 e. The van der Waals surface area contributed by atoms with Crippen molar-refractivity contribution in [2.24, 2.45) is 5.73 Å². The Kier molecular flexibility index (Phi) is 8.43. The van der Waals surface area contributed by atoms with Crippen LogP contribution in [0.4, 0.5) is 5.69 Å². The lowest BCUT2D eigenvalue weighted by atomic mass is 9.97. The zero-order valence-corrected chi connectivity index (χ0v) is 17.4. The normalized spacial score (nSPS) is 19.2.